The summed E-state index contributed by atoms with van der Waals surface area (Å²) in [5, 5.41) is -0.721. The minimum absolute atomic E-state index is 0.00446. The van der Waals surface area contributed by atoms with Gasteiger partial charge in [0.05, 0.1) is 16.1 Å². The Kier molecular flexibility index (Phi) is 3.68. The van der Waals surface area contributed by atoms with Gasteiger partial charge >= 0.3 is 12.4 Å². The van der Waals surface area contributed by atoms with E-state index >= 15 is 0 Å². The molecular formula is C8H2ClF6I. The van der Waals surface area contributed by atoms with E-state index in [0.29, 0.717) is 6.07 Å². The Morgan fingerprint density at radius 1 is 0.938 bits per heavy atom. The Bertz CT molecular complexity index is 408. The number of rotatable bonds is 0. The van der Waals surface area contributed by atoms with Gasteiger partial charge in [0.2, 0.25) is 0 Å². The summed E-state index contributed by atoms with van der Waals surface area (Å²) in [4.78, 5) is 0. The van der Waals surface area contributed by atoms with Crippen LogP contribution in [0.4, 0.5) is 26.3 Å². The van der Waals surface area contributed by atoms with Crippen LogP contribution in [0.5, 0.6) is 0 Å². The zero-order valence-electron chi connectivity index (χ0n) is 7.18. The quantitative estimate of drug-likeness (QED) is 0.444. The molecule has 90 valence electrons. The summed E-state index contributed by atoms with van der Waals surface area (Å²) in [5.41, 5.74) is -2.85. The third kappa shape index (κ3) is 2.93. The maximum atomic E-state index is 12.3. The van der Waals surface area contributed by atoms with Crippen molar-refractivity contribution in [2.45, 2.75) is 12.4 Å². The lowest BCUT2D eigenvalue weighted by atomic mass is 10.1. The second-order valence-electron chi connectivity index (χ2n) is 2.82. The topological polar surface area (TPSA) is 0 Å². The van der Waals surface area contributed by atoms with E-state index in [2.05, 4.69) is 0 Å². The molecule has 1 aromatic rings. The molecule has 0 fully saturated rings. The van der Waals surface area contributed by atoms with Crippen LogP contribution in [0.25, 0.3) is 0 Å². The van der Waals surface area contributed by atoms with E-state index in [4.69, 9.17) is 11.6 Å². The molecule has 0 N–H and O–H groups in total. The molecule has 0 heterocycles. The standard InChI is InChI=1S/C8H2ClF6I/c9-6-4(8(13,14)15)1-3(2-5(6)16)7(10,11)12/h1-2H. The van der Waals surface area contributed by atoms with Crippen molar-refractivity contribution < 1.29 is 26.3 Å². The van der Waals surface area contributed by atoms with Gasteiger partial charge in [-0.2, -0.15) is 26.3 Å². The second-order valence-corrected chi connectivity index (χ2v) is 4.36. The molecule has 0 aliphatic carbocycles. The van der Waals surface area contributed by atoms with Crippen LogP contribution >= 0.6 is 34.2 Å². The van der Waals surface area contributed by atoms with Crippen LogP contribution in [-0.2, 0) is 12.4 Å². The number of alkyl halides is 6. The lowest BCUT2D eigenvalue weighted by Gasteiger charge is -2.14. The summed E-state index contributed by atoms with van der Waals surface area (Å²) in [6, 6.07) is 0.572. The van der Waals surface area contributed by atoms with Gasteiger partial charge in [-0.25, -0.2) is 0 Å². The van der Waals surface area contributed by atoms with E-state index in [1.165, 1.54) is 22.6 Å². The van der Waals surface area contributed by atoms with Crippen LogP contribution in [0.15, 0.2) is 12.1 Å². The van der Waals surface area contributed by atoms with Crippen LogP contribution in [0, 0.1) is 3.57 Å². The van der Waals surface area contributed by atoms with Crippen molar-refractivity contribution in [3.63, 3.8) is 0 Å². The fraction of sp³-hybridized carbons (Fsp3) is 0.250. The molecule has 0 saturated heterocycles. The Hall–Kier alpha value is -0.180. The summed E-state index contributed by atoms with van der Waals surface area (Å²) in [6.07, 6.45) is -9.73. The molecule has 0 spiro atoms. The van der Waals surface area contributed by atoms with E-state index in [1.54, 1.807) is 0 Å². The Labute approximate surface area is 105 Å². The van der Waals surface area contributed by atoms with Crippen molar-refractivity contribution in [2.24, 2.45) is 0 Å². The smallest absolute Gasteiger partial charge is 0.166 e. The maximum absolute atomic E-state index is 12.3. The Balaban J connectivity index is 3.46. The van der Waals surface area contributed by atoms with Crippen molar-refractivity contribution in [1.29, 1.82) is 0 Å². The first-order chi connectivity index (χ1) is 7.03. The van der Waals surface area contributed by atoms with Gasteiger partial charge in [0, 0.05) is 3.57 Å². The van der Waals surface area contributed by atoms with E-state index in [0.717, 1.165) is 0 Å². The summed E-state index contributed by atoms with van der Waals surface area (Å²) < 4.78 is 73.5. The van der Waals surface area contributed by atoms with Crippen molar-refractivity contribution in [3.8, 4) is 0 Å². The Morgan fingerprint density at radius 2 is 1.44 bits per heavy atom. The third-order valence-corrected chi connectivity index (χ3v) is 3.24. The summed E-state index contributed by atoms with van der Waals surface area (Å²) in [7, 11) is 0. The van der Waals surface area contributed by atoms with E-state index in [9.17, 15) is 26.3 Å². The summed E-state index contributed by atoms with van der Waals surface area (Å²) >= 11 is 6.63. The molecule has 0 radical (unpaired) electrons. The highest BCUT2D eigenvalue weighted by Gasteiger charge is 2.38. The fourth-order valence-electron chi connectivity index (χ4n) is 0.959. The molecule has 0 aromatic heterocycles. The van der Waals surface area contributed by atoms with E-state index in [1.807, 2.05) is 0 Å². The van der Waals surface area contributed by atoms with Gasteiger partial charge in [0.15, 0.2) is 0 Å². The fourth-order valence-corrected chi connectivity index (χ4v) is 1.80. The molecule has 1 rings (SSSR count). The molecule has 8 heteroatoms. The van der Waals surface area contributed by atoms with E-state index < -0.39 is 28.5 Å². The Morgan fingerprint density at radius 3 is 1.81 bits per heavy atom. The number of halogens is 8. The molecule has 0 bridgehead atoms. The minimum Gasteiger partial charge on any atom is -0.166 e. The molecule has 0 atom stereocenters. The molecule has 0 saturated carbocycles. The molecule has 0 amide bonds. The van der Waals surface area contributed by atoms with Crippen LogP contribution < -0.4 is 0 Å². The van der Waals surface area contributed by atoms with Crippen molar-refractivity contribution in [2.75, 3.05) is 0 Å². The van der Waals surface area contributed by atoms with Crippen molar-refractivity contribution in [1.82, 2.24) is 0 Å². The van der Waals surface area contributed by atoms with Gasteiger partial charge < -0.3 is 0 Å². The molecule has 16 heavy (non-hydrogen) atoms. The molecule has 0 aliphatic rings. The number of hydrogen-bond donors (Lipinski definition) is 0. The monoisotopic (exact) mass is 374 g/mol. The zero-order valence-corrected chi connectivity index (χ0v) is 10.1. The predicted octanol–water partition coefficient (Wildman–Crippen LogP) is 4.98. The zero-order chi connectivity index (χ0) is 12.7. The van der Waals surface area contributed by atoms with Crippen LogP contribution in [0.2, 0.25) is 5.02 Å². The van der Waals surface area contributed by atoms with Crippen LogP contribution in [0.1, 0.15) is 11.1 Å². The first kappa shape index (κ1) is 13.9. The van der Waals surface area contributed by atoms with Crippen LogP contribution in [0.3, 0.4) is 0 Å². The van der Waals surface area contributed by atoms with Crippen molar-refractivity contribution >= 4 is 34.2 Å². The molecule has 1 aromatic carbocycles. The van der Waals surface area contributed by atoms with Gasteiger partial charge in [-0.15, -0.1) is 0 Å². The predicted molar refractivity (Wildman–Crippen MR) is 54.2 cm³/mol. The normalized spacial score (nSPS) is 13.0. The highest BCUT2D eigenvalue weighted by molar-refractivity contribution is 14.1. The highest BCUT2D eigenvalue weighted by Crippen LogP contribution is 2.41. The van der Waals surface area contributed by atoms with Gasteiger partial charge in [0.25, 0.3) is 0 Å². The molecular weight excluding hydrogens is 372 g/mol. The molecule has 0 unspecified atom stereocenters. The highest BCUT2D eigenvalue weighted by atomic mass is 127. The molecule has 0 nitrogen and oxygen atoms in total. The SMILES string of the molecule is FC(F)(F)c1cc(I)c(Cl)c(C(F)(F)F)c1. The second kappa shape index (κ2) is 4.25. The van der Waals surface area contributed by atoms with Crippen molar-refractivity contribution in [3.05, 3.63) is 31.9 Å². The van der Waals surface area contributed by atoms with Gasteiger partial charge in [-0.1, -0.05) is 11.6 Å². The summed E-state index contributed by atoms with van der Waals surface area (Å²) in [5.74, 6) is 0. The molecule has 0 aliphatic heterocycles. The minimum atomic E-state index is -4.90. The average Bonchev–Trinajstić information content (AvgIpc) is 2.05. The first-order valence-corrected chi connectivity index (χ1v) is 5.12. The average molecular weight is 374 g/mol. The number of benzene rings is 1. The first-order valence-electron chi connectivity index (χ1n) is 3.67. The van der Waals surface area contributed by atoms with Crippen LogP contribution in [-0.4, -0.2) is 0 Å². The lowest BCUT2D eigenvalue weighted by Crippen LogP contribution is -2.12. The van der Waals surface area contributed by atoms with Gasteiger partial charge in [-0.3, -0.25) is 0 Å². The third-order valence-electron chi connectivity index (χ3n) is 1.66. The lowest BCUT2D eigenvalue weighted by molar-refractivity contribution is -0.143. The maximum Gasteiger partial charge on any atom is 0.417 e. The summed E-state index contributed by atoms with van der Waals surface area (Å²) in [6.45, 7) is 0. The van der Waals surface area contributed by atoms with E-state index in [-0.39, 0.29) is 9.64 Å². The van der Waals surface area contributed by atoms with Gasteiger partial charge in [-0.05, 0) is 34.7 Å². The number of hydrogen-bond acceptors (Lipinski definition) is 0. The van der Waals surface area contributed by atoms with Gasteiger partial charge in [0.1, 0.15) is 0 Å². The largest absolute Gasteiger partial charge is 0.417 e.